The van der Waals surface area contributed by atoms with Crippen molar-refractivity contribution >= 4 is 0 Å². The molecule has 2 heterocycles. The molecule has 0 aliphatic carbocycles. The minimum Gasteiger partial charge on any atom is -0.372 e. The Morgan fingerprint density at radius 2 is 1.75 bits per heavy atom. The summed E-state index contributed by atoms with van der Waals surface area (Å²) >= 11 is 0. The van der Waals surface area contributed by atoms with Gasteiger partial charge in [0.1, 0.15) is 0 Å². The number of morpholine rings is 1. The van der Waals surface area contributed by atoms with Gasteiger partial charge in [0.25, 0.3) is 0 Å². The van der Waals surface area contributed by atoms with Gasteiger partial charge in [-0.3, -0.25) is 4.90 Å². The molecule has 2 saturated heterocycles. The van der Waals surface area contributed by atoms with E-state index in [0.717, 1.165) is 25.6 Å². The summed E-state index contributed by atoms with van der Waals surface area (Å²) in [6.45, 7) is 7.58. The maximum atomic E-state index is 5.98. The van der Waals surface area contributed by atoms with Crippen molar-refractivity contribution in [1.82, 2.24) is 4.90 Å². The van der Waals surface area contributed by atoms with Crippen LogP contribution in [0, 0.1) is 5.92 Å². The molecule has 0 saturated carbocycles. The monoisotopic (exact) mass is 226 g/mol. The molecule has 2 rings (SSSR count). The summed E-state index contributed by atoms with van der Waals surface area (Å²) in [5.41, 5.74) is 5.98. The Kier molecular flexibility index (Phi) is 4.22. The quantitative estimate of drug-likeness (QED) is 0.774. The maximum Gasteiger partial charge on any atom is 0.0707 e. The smallest absolute Gasteiger partial charge is 0.0707 e. The molecule has 2 N–H and O–H groups in total. The SMILES string of the molecule is CCC(CC)C(CN)N1CC2CCC(C1)O2. The average molecular weight is 226 g/mol. The van der Waals surface area contributed by atoms with E-state index < -0.39 is 0 Å². The van der Waals surface area contributed by atoms with Gasteiger partial charge in [-0.2, -0.15) is 0 Å². The molecule has 2 fully saturated rings. The molecular weight excluding hydrogens is 200 g/mol. The highest BCUT2D eigenvalue weighted by atomic mass is 16.5. The third kappa shape index (κ3) is 2.41. The fourth-order valence-corrected chi connectivity index (χ4v) is 3.39. The number of hydrogen-bond donors (Lipinski definition) is 1. The minimum atomic E-state index is 0.488. The number of rotatable bonds is 5. The number of hydrogen-bond acceptors (Lipinski definition) is 3. The van der Waals surface area contributed by atoms with Gasteiger partial charge in [-0.15, -0.1) is 0 Å². The molecule has 3 unspecified atom stereocenters. The Hall–Kier alpha value is -0.120. The normalized spacial score (nSPS) is 32.2. The van der Waals surface area contributed by atoms with E-state index in [9.17, 15) is 0 Å². The van der Waals surface area contributed by atoms with Crippen LogP contribution in [-0.2, 0) is 4.74 Å². The highest BCUT2D eigenvalue weighted by molar-refractivity contribution is 4.90. The predicted molar refractivity (Wildman–Crippen MR) is 66.4 cm³/mol. The standard InChI is InChI=1S/C13H26N2O/c1-3-10(4-2)13(7-14)15-8-11-5-6-12(9-15)16-11/h10-13H,3-9,14H2,1-2H3. The Balaban J connectivity index is 1.98. The molecule has 0 amide bonds. The topological polar surface area (TPSA) is 38.5 Å². The summed E-state index contributed by atoms with van der Waals surface area (Å²) in [6, 6.07) is 0.571. The fourth-order valence-electron chi connectivity index (χ4n) is 3.39. The van der Waals surface area contributed by atoms with Gasteiger partial charge in [0.15, 0.2) is 0 Å². The average Bonchev–Trinajstić information content (AvgIpc) is 2.65. The van der Waals surface area contributed by atoms with Crippen molar-refractivity contribution in [3.8, 4) is 0 Å². The minimum absolute atomic E-state index is 0.488. The van der Waals surface area contributed by atoms with Gasteiger partial charge in [0.05, 0.1) is 12.2 Å². The van der Waals surface area contributed by atoms with E-state index in [4.69, 9.17) is 10.5 Å². The number of likely N-dealkylation sites (tertiary alicyclic amines) is 1. The zero-order valence-electron chi connectivity index (χ0n) is 10.7. The summed E-state index contributed by atoms with van der Waals surface area (Å²) in [5.74, 6) is 0.752. The molecule has 2 bridgehead atoms. The van der Waals surface area contributed by atoms with Crippen molar-refractivity contribution in [1.29, 1.82) is 0 Å². The molecule has 0 aromatic carbocycles. The van der Waals surface area contributed by atoms with E-state index in [-0.39, 0.29) is 0 Å². The number of ether oxygens (including phenoxy) is 1. The lowest BCUT2D eigenvalue weighted by Crippen LogP contribution is -2.53. The number of fused-ring (bicyclic) bond motifs is 2. The molecule has 0 aromatic heterocycles. The Morgan fingerprint density at radius 3 is 2.19 bits per heavy atom. The van der Waals surface area contributed by atoms with Crippen molar-refractivity contribution < 1.29 is 4.74 Å². The molecule has 0 aromatic rings. The van der Waals surface area contributed by atoms with E-state index >= 15 is 0 Å². The lowest BCUT2D eigenvalue weighted by Gasteiger charge is -2.40. The predicted octanol–water partition coefficient (Wildman–Crippen LogP) is 1.61. The first-order valence-electron chi connectivity index (χ1n) is 6.88. The molecule has 16 heavy (non-hydrogen) atoms. The van der Waals surface area contributed by atoms with Gasteiger partial charge in [-0.05, 0) is 18.8 Å². The lowest BCUT2D eigenvalue weighted by molar-refractivity contribution is -0.0600. The second kappa shape index (κ2) is 5.48. The highest BCUT2D eigenvalue weighted by Gasteiger charge is 2.37. The summed E-state index contributed by atoms with van der Waals surface area (Å²) in [5, 5.41) is 0. The van der Waals surface area contributed by atoms with Crippen molar-refractivity contribution in [3.63, 3.8) is 0 Å². The van der Waals surface area contributed by atoms with Crippen molar-refractivity contribution in [2.75, 3.05) is 19.6 Å². The van der Waals surface area contributed by atoms with E-state index in [1.54, 1.807) is 0 Å². The highest BCUT2D eigenvalue weighted by Crippen LogP contribution is 2.29. The summed E-state index contributed by atoms with van der Waals surface area (Å²) < 4.78 is 5.89. The van der Waals surface area contributed by atoms with Gasteiger partial charge in [0, 0.05) is 25.7 Å². The summed E-state index contributed by atoms with van der Waals surface area (Å²) in [6.07, 6.45) is 5.96. The van der Waals surface area contributed by atoms with Gasteiger partial charge in [-0.1, -0.05) is 26.7 Å². The van der Waals surface area contributed by atoms with Gasteiger partial charge in [-0.25, -0.2) is 0 Å². The molecule has 2 aliphatic heterocycles. The van der Waals surface area contributed by atoms with Crippen LogP contribution < -0.4 is 5.73 Å². The second-order valence-electron chi connectivity index (χ2n) is 5.29. The third-order valence-corrected chi connectivity index (χ3v) is 4.38. The first kappa shape index (κ1) is 12.3. The molecule has 3 nitrogen and oxygen atoms in total. The molecular formula is C13H26N2O. The summed E-state index contributed by atoms with van der Waals surface area (Å²) in [4.78, 5) is 2.60. The van der Waals surface area contributed by atoms with Crippen LogP contribution in [0.2, 0.25) is 0 Å². The molecule has 0 radical (unpaired) electrons. The summed E-state index contributed by atoms with van der Waals surface area (Å²) in [7, 11) is 0. The first-order valence-corrected chi connectivity index (χ1v) is 6.88. The van der Waals surface area contributed by atoms with Crippen molar-refractivity contribution in [3.05, 3.63) is 0 Å². The van der Waals surface area contributed by atoms with E-state index in [2.05, 4.69) is 18.7 Å². The Labute approximate surface area is 99.3 Å². The number of nitrogens with zero attached hydrogens (tertiary/aromatic N) is 1. The third-order valence-electron chi connectivity index (χ3n) is 4.38. The molecule has 0 spiro atoms. The molecule has 3 heteroatoms. The Bertz CT molecular complexity index is 206. The van der Waals surface area contributed by atoms with Crippen LogP contribution in [0.3, 0.4) is 0 Å². The van der Waals surface area contributed by atoms with Crippen LogP contribution in [0.25, 0.3) is 0 Å². The number of nitrogens with two attached hydrogens (primary N) is 1. The lowest BCUT2D eigenvalue weighted by atomic mass is 9.92. The molecule has 2 aliphatic rings. The first-order chi connectivity index (χ1) is 7.78. The fraction of sp³-hybridized carbons (Fsp3) is 1.00. The van der Waals surface area contributed by atoms with E-state index in [1.165, 1.54) is 25.7 Å². The van der Waals surface area contributed by atoms with Crippen molar-refractivity contribution in [2.45, 2.75) is 57.8 Å². The van der Waals surface area contributed by atoms with Crippen LogP contribution in [0.5, 0.6) is 0 Å². The largest absolute Gasteiger partial charge is 0.372 e. The van der Waals surface area contributed by atoms with Crippen LogP contribution in [0.4, 0.5) is 0 Å². The molecule has 94 valence electrons. The van der Waals surface area contributed by atoms with Crippen LogP contribution in [0.1, 0.15) is 39.5 Å². The van der Waals surface area contributed by atoms with Crippen LogP contribution in [0.15, 0.2) is 0 Å². The van der Waals surface area contributed by atoms with Crippen LogP contribution in [-0.4, -0.2) is 42.8 Å². The Morgan fingerprint density at radius 1 is 1.19 bits per heavy atom. The zero-order chi connectivity index (χ0) is 11.5. The van der Waals surface area contributed by atoms with Crippen LogP contribution >= 0.6 is 0 Å². The van der Waals surface area contributed by atoms with Gasteiger partial charge < -0.3 is 10.5 Å². The van der Waals surface area contributed by atoms with E-state index in [0.29, 0.717) is 18.2 Å². The van der Waals surface area contributed by atoms with Gasteiger partial charge in [0.2, 0.25) is 0 Å². The van der Waals surface area contributed by atoms with Crippen molar-refractivity contribution in [2.24, 2.45) is 11.7 Å². The molecule has 3 atom stereocenters. The zero-order valence-corrected chi connectivity index (χ0v) is 10.7. The van der Waals surface area contributed by atoms with E-state index in [1.807, 2.05) is 0 Å². The second-order valence-corrected chi connectivity index (χ2v) is 5.29. The van der Waals surface area contributed by atoms with Gasteiger partial charge >= 0.3 is 0 Å². The maximum absolute atomic E-state index is 5.98.